The molecule has 1 fully saturated rings. The molecule has 1 unspecified atom stereocenters. The molecular weight excluding hydrogens is 252 g/mol. The highest BCUT2D eigenvalue weighted by atomic mass is 16.2. The minimum atomic E-state index is 0.0704. The largest absolute Gasteiger partial charge is 0.339 e. The molecule has 1 heterocycles. The van der Waals surface area contributed by atoms with E-state index in [0.29, 0.717) is 26.1 Å². The minimum Gasteiger partial charge on any atom is -0.339 e. The van der Waals surface area contributed by atoms with Gasteiger partial charge in [0.15, 0.2) is 0 Å². The van der Waals surface area contributed by atoms with Gasteiger partial charge in [0.05, 0.1) is 0 Å². The molecule has 1 aromatic rings. The van der Waals surface area contributed by atoms with Crippen molar-refractivity contribution in [1.82, 2.24) is 9.80 Å². The lowest BCUT2D eigenvalue weighted by atomic mass is 10.1. The van der Waals surface area contributed by atoms with Gasteiger partial charge in [-0.25, -0.2) is 0 Å². The Bertz CT molecular complexity index is 473. The molecule has 1 aromatic carbocycles. The van der Waals surface area contributed by atoms with E-state index in [4.69, 9.17) is 0 Å². The lowest BCUT2D eigenvalue weighted by Gasteiger charge is -2.41. The first-order valence-electron chi connectivity index (χ1n) is 7.31. The van der Waals surface area contributed by atoms with Gasteiger partial charge in [-0.15, -0.1) is 0 Å². The van der Waals surface area contributed by atoms with Gasteiger partial charge in [0.25, 0.3) is 5.91 Å². The molecule has 108 valence electrons. The fraction of sp³-hybridized carbons (Fsp3) is 0.500. The first-order chi connectivity index (χ1) is 9.67. The number of carbonyl (C=O) groups excluding carboxylic acids is 2. The van der Waals surface area contributed by atoms with Crippen LogP contribution in [0, 0.1) is 0 Å². The molecule has 0 saturated carbocycles. The fourth-order valence-electron chi connectivity index (χ4n) is 2.67. The predicted octanol–water partition coefficient (Wildman–Crippen LogP) is 2.16. The lowest BCUT2D eigenvalue weighted by Crippen LogP contribution is -2.56. The summed E-state index contributed by atoms with van der Waals surface area (Å²) in [6, 6.07) is 9.48. The fourth-order valence-corrected chi connectivity index (χ4v) is 2.67. The maximum Gasteiger partial charge on any atom is 0.254 e. The Morgan fingerprint density at radius 3 is 2.45 bits per heavy atom. The third kappa shape index (κ3) is 3.00. The van der Waals surface area contributed by atoms with Crippen LogP contribution >= 0.6 is 0 Å². The Balaban J connectivity index is 2.10. The molecular formula is C16H22N2O2. The van der Waals surface area contributed by atoms with E-state index in [9.17, 15) is 9.59 Å². The first-order valence-corrected chi connectivity index (χ1v) is 7.31. The summed E-state index contributed by atoms with van der Waals surface area (Å²) in [7, 11) is 0. The number of benzene rings is 1. The Labute approximate surface area is 120 Å². The second-order valence-corrected chi connectivity index (χ2v) is 5.12. The summed E-state index contributed by atoms with van der Waals surface area (Å²) in [5.41, 5.74) is 0.723. The smallest absolute Gasteiger partial charge is 0.254 e. The van der Waals surface area contributed by atoms with Gasteiger partial charge >= 0.3 is 0 Å². The molecule has 2 amide bonds. The van der Waals surface area contributed by atoms with Gasteiger partial charge in [0.1, 0.15) is 0 Å². The number of amides is 2. The van der Waals surface area contributed by atoms with Crippen LogP contribution < -0.4 is 0 Å². The second kappa shape index (κ2) is 6.55. The van der Waals surface area contributed by atoms with Gasteiger partial charge < -0.3 is 9.80 Å². The van der Waals surface area contributed by atoms with E-state index in [0.717, 1.165) is 12.0 Å². The number of rotatable bonds is 3. The molecule has 0 N–H and O–H groups in total. The monoisotopic (exact) mass is 274 g/mol. The normalized spacial score (nSPS) is 19.0. The first kappa shape index (κ1) is 14.6. The Kier molecular flexibility index (Phi) is 4.77. The summed E-state index contributed by atoms with van der Waals surface area (Å²) in [5, 5.41) is 0. The average Bonchev–Trinajstić information content (AvgIpc) is 2.53. The molecule has 0 aliphatic carbocycles. The third-order valence-corrected chi connectivity index (χ3v) is 3.89. The standard InChI is InChI=1S/C16H22N2O2/c1-3-14-12-17(15(19)4-2)10-11-18(14)16(20)13-8-6-5-7-9-13/h5-9,14H,3-4,10-12H2,1-2H3. The molecule has 0 spiro atoms. The summed E-state index contributed by atoms with van der Waals surface area (Å²) >= 11 is 0. The number of carbonyl (C=O) groups is 2. The highest BCUT2D eigenvalue weighted by molar-refractivity contribution is 5.94. The van der Waals surface area contributed by atoms with Gasteiger partial charge in [-0.3, -0.25) is 9.59 Å². The maximum atomic E-state index is 12.5. The molecule has 4 heteroatoms. The van der Waals surface area contributed by atoms with Crippen LogP contribution in [0.5, 0.6) is 0 Å². The summed E-state index contributed by atoms with van der Waals surface area (Å²) in [6.45, 7) is 5.86. The number of hydrogen-bond acceptors (Lipinski definition) is 2. The van der Waals surface area contributed by atoms with Gasteiger partial charge in [-0.05, 0) is 18.6 Å². The van der Waals surface area contributed by atoms with Crippen molar-refractivity contribution in [2.45, 2.75) is 32.7 Å². The van der Waals surface area contributed by atoms with Crippen LogP contribution in [-0.4, -0.2) is 47.3 Å². The molecule has 1 saturated heterocycles. The molecule has 0 radical (unpaired) electrons. The van der Waals surface area contributed by atoms with E-state index in [1.807, 2.05) is 47.1 Å². The van der Waals surface area contributed by atoms with Crippen molar-refractivity contribution in [2.24, 2.45) is 0 Å². The Morgan fingerprint density at radius 1 is 1.15 bits per heavy atom. The van der Waals surface area contributed by atoms with Crippen molar-refractivity contribution >= 4 is 11.8 Å². The predicted molar refractivity (Wildman–Crippen MR) is 78.4 cm³/mol. The Hall–Kier alpha value is -1.84. The van der Waals surface area contributed by atoms with Crippen LogP contribution in [0.2, 0.25) is 0 Å². The van der Waals surface area contributed by atoms with Crippen LogP contribution in [-0.2, 0) is 4.79 Å². The topological polar surface area (TPSA) is 40.6 Å². The lowest BCUT2D eigenvalue weighted by molar-refractivity contribution is -0.133. The van der Waals surface area contributed by atoms with E-state index in [-0.39, 0.29) is 17.9 Å². The van der Waals surface area contributed by atoms with E-state index < -0.39 is 0 Å². The molecule has 2 rings (SSSR count). The van der Waals surface area contributed by atoms with Crippen molar-refractivity contribution < 1.29 is 9.59 Å². The highest BCUT2D eigenvalue weighted by Crippen LogP contribution is 2.17. The summed E-state index contributed by atoms with van der Waals surface area (Å²) < 4.78 is 0. The van der Waals surface area contributed by atoms with Gasteiger partial charge in [-0.2, -0.15) is 0 Å². The summed E-state index contributed by atoms with van der Waals surface area (Å²) in [4.78, 5) is 28.1. The van der Waals surface area contributed by atoms with Crippen molar-refractivity contribution in [3.8, 4) is 0 Å². The van der Waals surface area contributed by atoms with Crippen LogP contribution in [0.25, 0.3) is 0 Å². The number of nitrogens with zero attached hydrogens (tertiary/aromatic N) is 2. The molecule has 0 bridgehead atoms. The highest BCUT2D eigenvalue weighted by Gasteiger charge is 2.31. The summed E-state index contributed by atoms with van der Waals surface area (Å²) in [5.74, 6) is 0.247. The van der Waals surface area contributed by atoms with Gasteiger partial charge in [0, 0.05) is 37.7 Å². The molecule has 1 atom stereocenters. The van der Waals surface area contributed by atoms with Crippen LogP contribution in [0.4, 0.5) is 0 Å². The van der Waals surface area contributed by atoms with Crippen molar-refractivity contribution in [3.63, 3.8) is 0 Å². The van der Waals surface area contributed by atoms with Gasteiger partial charge in [0.2, 0.25) is 5.91 Å². The Morgan fingerprint density at radius 2 is 1.85 bits per heavy atom. The van der Waals surface area contributed by atoms with Crippen LogP contribution in [0.1, 0.15) is 37.0 Å². The number of piperazine rings is 1. The maximum absolute atomic E-state index is 12.5. The molecule has 0 aromatic heterocycles. The van der Waals surface area contributed by atoms with Crippen molar-refractivity contribution in [3.05, 3.63) is 35.9 Å². The molecule has 4 nitrogen and oxygen atoms in total. The van der Waals surface area contributed by atoms with Crippen LogP contribution in [0.15, 0.2) is 30.3 Å². The average molecular weight is 274 g/mol. The molecule has 1 aliphatic heterocycles. The van der Waals surface area contributed by atoms with E-state index >= 15 is 0 Å². The van der Waals surface area contributed by atoms with E-state index in [1.54, 1.807) is 0 Å². The SMILES string of the molecule is CCC(=O)N1CCN(C(=O)c2ccccc2)C(CC)C1. The van der Waals surface area contributed by atoms with E-state index in [2.05, 4.69) is 6.92 Å². The zero-order chi connectivity index (χ0) is 14.5. The van der Waals surface area contributed by atoms with Crippen LogP contribution in [0.3, 0.4) is 0 Å². The van der Waals surface area contributed by atoms with Gasteiger partial charge in [-0.1, -0.05) is 32.0 Å². The third-order valence-electron chi connectivity index (χ3n) is 3.89. The quantitative estimate of drug-likeness (QED) is 0.847. The zero-order valence-electron chi connectivity index (χ0n) is 12.2. The molecule has 1 aliphatic rings. The van der Waals surface area contributed by atoms with E-state index in [1.165, 1.54) is 0 Å². The zero-order valence-corrected chi connectivity index (χ0v) is 12.2. The molecule has 20 heavy (non-hydrogen) atoms. The van der Waals surface area contributed by atoms with Crippen molar-refractivity contribution in [2.75, 3.05) is 19.6 Å². The second-order valence-electron chi connectivity index (χ2n) is 5.12. The summed E-state index contributed by atoms with van der Waals surface area (Å²) in [6.07, 6.45) is 1.40. The van der Waals surface area contributed by atoms with Crippen molar-refractivity contribution in [1.29, 1.82) is 0 Å². The minimum absolute atomic E-state index is 0.0704. The number of hydrogen-bond donors (Lipinski definition) is 0.